The maximum Gasteiger partial charge on any atom is 0.261 e. The molecule has 23 heavy (non-hydrogen) atoms. The quantitative estimate of drug-likeness (QED) is 0.737. The van der Waals surface area contributed by atoms with E-state index in [1.807, 2.05) is 6.92 Å². The Balaban J connectivity index is 1.86. The molecule has 6 heteroatoms. The van der Waals surface area contributed by atoms with Gasteiger partial charge in [0.2, 0.25) is 0 Å². The van der Waals surface area contributed by atoms with Gasteiger partial charge in [0.25, 0.3) is 11.8 Å². The van der Waals surface area contributed by atoms with Crippen molar-refractivity contribution in [1.29, 1.82) is 0 Å². The van der Waals surface area contributed by atoms with Crippen LogP contribution >= 0.6 is 11.6 Å². The fourth-order valence-electron chi connectivity index (χ4n) is 3.67. The lowest BCUT2D eigenvalue weighted by Gasteiger charge is -2.19. The number of nitrogens with zero attached hydrogens (tertiary/aromatic N) is 1. The highest BCUT2D eigenvalue weighted by molar-refractivity contribution is 6.35. The molecule has 0 saturated heterocycles. The Morgan fingerprint density at radius 2 is 1.83 bits per heavy atom. The molecule has 1 aromatic carbocycles. The summed E-state index contributed by atoms with van der Waals surface area (Å²) in [4.78, 5) is 26.3. The van der Waals surface area contributed by atoms with Crippen LogP contribution < -0.4 is 9.64 Å². The molecule has 1 aliphatic carbocycles. The summed E-state index contributed by atoms with van der Waals surface area (Å²) < 4.78 is 20.2. The second kappa shape index (κ2) is 5.06. The number of amides is 2. The van der Waals surface area contributed by atoms with Crippen LogP contribution in [-0.2, 0) is 16.0 Å². The lowest BCUT2D eigenvalue weighted by atomic mass is 9.93. The van der Waals surface area contributed by atoms with Gasteiger partial charge in [-0.2, -0.15) is 0 Å². The van der Waals surface area contributed by atoms with Crippen molar-refractivity contribution in [2.24, 2.45) is 0 Å². The monoisotopic (exact) mass is 335 g/mol. The number of hydrogen-bond acceptors (Lipinski definition) is 3. The van der Waals surface area contributed by atoms with Crippen molar-refractivity contribution in [2.45, 2.75) is 45.1 Å². The summed E-state index contributed by atoms with van der Waals surface area (Å²) in [5, 5.41) is 0.169. The van der Waals surface area contributed by atoms with Crippen LogP contribution in [-0.4, -0.2) is 17.9 Å². The van der Waals surface area contributed by atoms with Crippen molar-refractivity contribution in [3.63, 3.8) is 0 Å². The van der Waals surface area contributed by atoms with E-state index in [2.05, 4.69) is 0 Å². The van der Waals surface area contributed by atoms with Crippen LogP contribution in [0.4, 0.5) is 10.1 Å². The van der Waals surface area contributed by atoms with Gasteiger partial charge in [-0.1, -0.05) is 11.6 Å². The van der Waals surface area contributed by atoms with E-state index in [0.717, 1.165) is 23.8 Å². The Bertz CT molecular complexity index is 759. The number of hydrogen-bond donors (Lipinski definition) is 0. The summed E-state index contributed by atoms with van der Waals surface area (Å²) in [5.74, 6) is -1.07. The molecule has 2 heterocycles. The van der Waals surface area contributed by atoms with E-state index in [4.69, 9.17) is 16.3 Å². The molecule has 0 bridgehead atoms. The summed E-state index contributed by atoms with van der Waals surface area (Å²) in [6, 6.07) is 1.12. The maximum absolute atomic E-state index is 14.6. The Kier molecular flexibility index (Phi) is 3.23. The average molecular weight is 336 g/mol. The van der Waals surface area contributed by atoms with Gasteiger partial charge in [-0.05, 0) is 38.7 Å². The molecule has 1 atom stereocenters. The molecule has 2 amide bonds. The summed E-state index contributed by atoms with van der Waals surface area (Å²) in [6.07, 6.45) is 3.18. The molecule has 0 aromatic heterocycles. The number of carbonyl (C=O) groups is 2. The third kappa shape index (κ3) is 2.02. The average Bonchev–Trinajstić information content (AvgIpc) is 3.02. The van der Waals surface area contributed by atoms with Crippen LogP contribution in [0.1, 0.15) is 38.2 Å². The molecule has 120 valence electrons. The van der Waals surface area contributed by atoms with E-state index in [-0.39, 0.29) is 16.8 Å². The molecule has 0 N–H and O–H groups in total. The number of imide groups is 1. The second-order valence-electron chi connectivity index (χ2n) is 6.24. The number of ether oxygens (including phenoxy) is 1. The van der Waals surface area contributed by atoms with Gasteiger partial charge in [-0.3, -0.25) is 9.59 Å². The third-order valence-electron chi connectivity index (χ3n) is 4.68. The number of anilines is 1. The van der Waals surface area contributed by atoms with E-state index in [0.29, 0.717) is 41.7 Å². The molecule has 2 aliphatic heterocycles. The van der Waals surface area contributed by atoms with Crippen molar-refractivity contribution in [3.8, 4) is 5.75 Å². The molecule has 0 saturated carbocycles. The van der Waals surface area contributed by atoms with Crippen LogP contribution in [0.3, 0.4) is 0 Å². The molecule has 1 unspecified atom stereocenters. The van der Waals surface area contributed by atoms with Gasteiger partial charge in [0.15, 0.2) is 0 Å². The largest absolute Gasteiger partial charge is 0.488 e. The molecule has 0 fully saturated rings. The SMILES string of the molecule is CC1Cc2c(c(Cl)cc(F)c2N2C(=O)C3=C(CCCC3)C2=O)O1. The molecule has 0 spiro atoms. The highest BCUT2D eigenvalue weighted by atomic mass is 35.5. The molecule has 4 nitrogen and oxygen atoms in total. The first-order valence-corrected chi connectivity index (χ1v) is 8.15. The minimum absolute atomic E-state index is 0.0122. The molecule has 3 aliphatic rings. The zero-order valence-corrected chi connectivity index (χ0v) is 13.4. The Morgan fingerprint density at radius 3 is 2.43 bits per heavy atom. The number of benzene rings is 1. The number of carbonyl (C=O) groups excluding carboxylic acids is 2. The smallest absolute Gasteiger partial charge is 0.261 e. The van der Waals surface area contributed by atoms with Crippen molar-refractivity contribution in [2.75, 3.05) is 4.90 Å². The molecular formula is C17H15ClFNO3. The molecular weight excluding hydrogens is 321 g/mol. The van der Waals surface area contributed by atoms with Crippen molar-refractivity contribution >= 4 is 29.1 Å². The van der Waals surface area contributed by atoms with Crippen molar-refractivity contribution in [1.82, 2.24) is 0 Å². The number of halogens is 2. The minimum Gasteiger partial charge on any atom is -0.488 e. The molecule has 4 rings (SSSR count). The Labute approximate surface area is 137 Å². The lowest BCUT2D eigenvalue weighted by molar-refractivity contribution is -0.120. The lowest BCUT2D eigenvalue weighted by Crippen LogP contribution is -2.33. The number of fused-ring (bicyclic) bond motifs is 1. The van der Waals surface area contributed by atoms with Gasteiger partial charge in [0, 0.05) is 23.1 Å². The fourth-order valence-corrected chi connectivity index (χ4v) is 3.93. The second-order valence-corrected chi connectivity index (χ2v) is 6.65. The van der Waals surface area contributed by atoms with Gasteiger partial charge < -0.3 is 4.74 Å². The summed E-state index contributed by atoms with van der Waals surface area (Å²) >= 11 is 6.05. The third-order valence-corrected chi connectivity index (χ3v) is 4.96. The molecule has 0 radical (unpaired) electrons. The van der Waals surface area contributed by atoms with E-state index < -0.39 is 17.6 Å². The first kappa shape index (κ1) is 14.7. The summed E-state index contributed by atoms with van der Waals surface area (Å²) in [7, 11) is 0. The standard InChI is InChI=1S/C17H15ClFNO3/c1-8-6-11-14(13(19)7-12(18)15(11)23-8)20-16(21)9-4-2-3-5-10(9)17(20)22/h7-8H,2-6H2,1H3. The number of rotatable bonds is 1. The van der Waals surface area contributed by atoms with Gasteiger partial charge in [-0.25, -0.2) is 9.29 Å². The van der Waals surface area contributed by atoms with Gasteiger partial charge in [0.1, 0.15) is 17.7 Å². The van der Waals surface area contributed by atoms with Crippen molar-refractivity contribution in [3.05, 3.63) is 33.6 Å². The highest BCUT2D eigenvalue weighted by Gasteiger charge is 2.43. The maximum atomic E-state index is 14.6. The van der Waals surface area contributed by atoms with E-state index in [1.54, 1.807) is 0 Å². The van der Waals surface area contributed by atoms with Crippen LogP contribution in [0.5, 0.6) is 5.75 Å². The van der Waals surface area contributed by atoms with Crippen LogP contribution in [0, 0.1) is 5.82 Å². The Hall–Kier alpha value is -1.88. The zero-order chi connectivity index (χ0) is 16.3. The first-order valence-electron chi connectivity index (χ1n) is 7.77. The van der Waals surface area contributed by atoms with E-state index in [1.165, 1.54) is 0 Å². The van der Waals surface area contributed by atoms with Gasteiger partial charge >= 0.3 is 0 Å². The van der Waals surface area contributed by atoms with E-state index in [9.17, 15) is 14.0 Å². The summed E-state index contributed by atoms with van der Waals surface area (Å²) in [5.41, 5.74) is 1.59. The van der Waals surface area contributed by atoms with Crippen molar-refractivity contribution < 1.29 is 18.7 Å². The van der Waals surface area contributed by atoms with Crippen LogP contribution in [0.2, 0.25) is 5.02 Å². The first-order chi connectivity index (χ1) is 11.0. The van der Waals surface area contributed by atoms with Gasteiger partial charge in [-0.15, -0.1) is 0 Å². The minimum atomic E-state index is -0.659. The van der Waals surface area contributed by atoms with Crippen LogP contribution in [0.15, 0.2) is 17.2 Å². The van der Waals surface area contributed by atoms with Gasteiger partial charge in [0.05, 0.1) is 10.7 Å². The summed E-state index contributed by atoms with van der Waals surface area (Å²) in [6.45, 7) is 1.84. The Morgan fingerprint density at radius 1 is 1.22 bits per heavy atom. The predicted octanol–water partition coefficient (Wildman–Crippen LogP) is 3.55. The normalized spacial score (nSPS) is 23.3. The van der Waals surface area contributed by atoms with Crippen LogP contribution in [0.25, 0.3) is 0 Å². The fraction of sp³-hybridized carbons (Fsp3) is 0.412. The topological polar surface area (TPSA) is 46.6 Å². The zero-order valence-electron chi connectivity index (χ0n) is 12.6. The predicted molar refractivity (Wildman–Crippen MR) is 83.2 cm³/mol. The molecule has 1 aromatic rings. The highest BCUT2D eigenvalue weighted by Crippen LogP contribution is 2.46. The van der Waals surface area contributed by atoms with E-state index >= 15 is 0 Å².